The van der Waals surface area contributed by atoms with Crippen LogP contribution in [0.5, 0.6) is 0 Å². The molecule has 0 aromatic heterocycles. The number of carbonyl (C=O) groups excluding carboxylic acids is 1. The SMILES string of the molecule is C#CCNC(C)c1cccc(C(=O)OCC)c1. The lowest BCUT2D eigenvalue weighted by atomic mass is 10.1. The summed E-state index contributed by atoms with van der Waals surface area (Å²) in [5, 5.41) is 3.16. The molecule has 3 heteroatoms. The van der Waals surface area contributed by atoms with E-state index in [2.05, 4.69) is 11.2 Å². The minimum atomic E-state index is -0.293. The van der Waals surface area contributed by atoms with E-state index in [1.807, 2.05) is 25.1 Å². The molecule has 90 valence electrons. The van der Waals surface area contributed by atoms with Gasteiger partial charge in [0.2, 0.25) is 0 Å². The highest BCUT2D eigenvalue weighted by atomic mass is 16.5. The van der Waals surface area contributed by atoms with Gasteiger partial charge in [-0.25, -0.2) is 4.79 Å². The molecule has 0 heterocycles. The molecule has 1 N–H and O–H groups in total. The van der Waals surface area contributed by atoms with E-state index in [0.29, 0.717) is 18.7 Å². The lowest BCUT2D eigenvalue weighted by Crippen LogP contribution is -2.19. The molecule has 0 aliphatic heterocycles. The van der Waals surface area contributed by atoms with Crippen LogP contribution in [0.15, 0.2) is 24.3 Å². The van der Waals surface area contributed by atoms with E-state index in [9.17, 15) is 4.79 Å². The molecule has 0 fully saturated rings. The largest absolute Gasteiger partial charge is 0.462 e. The van der Waals surface area contributed by atoms with Crippen LogP contribution in [0.1, 0.15) is 35.8 Å². The summed E-state index contributed by atoms with van der Waals surface area (Å²) in [6.07, 6.45) is 5.19. The van der Waals surface area contributed by atoms with Gasteiger partial charge in [-0.2, -0.15) is 0 Å². The van der Waals surface area contributed by atoms with E-state index < -0.39 is 0 Å². The molecule has 0 saturated heterocycles. The van der Waals surface area contributed by atoms with Crippen LogP contribution >= 0.6 is 0 Å². The van der Waals surface area contributed by atoms with Gasteiger partial charge in [-0.1, -0.05) is 18.1 Å². The summed E-state index contributed by atoms with van der Waals surface area (Å²) < 4.78 is 4.95. The first-order valence-electron chi connectivity index (χ1n) is 5.63. The average molecular weight is 231 g/mol. The molecule has 0 spiro atoms. The van der Waals surface area contributed by atoms with Crippen molar-refractivity contribution in [3.05, 3.63) is 35.4 Å². The van der Waals surface area contributed by atoms with Crippen molar-refractivity contribution in [2.45, 2.75) is 19.9 Å². The topological polar surface area (TPSA) is 38.3 Å². The maximum atomic E-state index is 11.6. The van der Waals surface area contributed by atoms with Crippen LogP contribution in [0.2, 0.25) is 0 Å². The van der Waals surface area contributed by atoms with Crippen LogP contribution in [0, 0.1) is 12.3 Å². The van der Waals surface area contributed by atoms with E-state index in [1.54, 1.807) is 13.0 Å². The van der Waals surface area contributed by atoms with Crippen LogP contribution < -0.4 is 5.32 Å². The maximum Gasteiger partial charge on any atom is 0.338 e. The molecule has 0 radical (unpaired) electrons. The van der Waals surface area contributed by atoms with Gasteiger partial charge >= 0.3 is 5.97 Å². The Bertz CT molecular complexity index is 420. The Labute approximate surface area is 102 Å². The van der Waals surface area contributed by atoms with Gasteiger partial charge < -0.3 is 4.74 Å². The Morgan fingerprint density at radius 3 is 3.00 bits per heavy atom. The molecule has 0 bridgehead atoms. The molecule has 0 aliphatic rings. The van der Waals surface area contributed by atoms with E-state index in [-0.39, 0.29) is 12.0 Å². The zero-order chi connectivity index (χ0) is 12.7. The molecule has 1 aromatic carbocycles. The Hall–Kier alpha value is -1.79. The Morgan fingerprint density at radius 2 is 2.35 bits per heavy atom. The van der Waals surface area contributed by atoms with Crippen molar-refractivity contribution in [1.29, 1.82) is 0 Å². The van der Waals surface area contributed by atoms with Gasteiger partial charge in [0, 0.05) is 6.04 Å². The predicted octanol–water partition coefficient (Wildman–Crippen LogP) is 2.15. The standard InChI is InChI=1S/C14H17NO2/c1-4-9-15-11(3)12-7-6-8-13(10-12)14(16)17-5-2/h1,6-8,10-11,15H,5,9H2,2-3H3. The summed E-state index contributed by atoms with van der Waals surface area (Å²) in [7, 11) is 0. The summed E-state index contributed by atoms with van der Waals surface area (Å²) in [5.74, 6) is 2.23. The normalized spacial score (nSPS) is 11.6. The van der Waals surface area contributed by atoms with Crippen molar-refractivity contribution < 1.29 is 9.53 Å². The third-order valence-corrected chi connectivity index (χ3v) is 2.41. The summed E-state index contributed by atoms with van der Waals surface area (Å²) in [5.41, 5.74) is 1.59. The van der Waals surface area contributed by atoms with Gasteiger partial charge in [0.05, 0.1) is 18.7 Å². The number of ether oxygens (including phenoxy) is 1. The van der Waals surface area contributed by atoms with Gasteiger partial charge in [0.25, 0.3) is 0 Å². The quantitative estimate of drug-likeness (QED) is 0.623. The number of hydrogen-bond acceptors (Lipinski definition) is 3. The number of terminal acetylenes is 1. The van der Waals surface area contributed by atoms with Gasteiger partial charge in [-0.15, -0.1) is 6.42 Å². The van der Waals surface area contributed by atoms with Crippen LogP contribution in [-0.2, 0) is 4.74 Å². The second-order valence-corrected chi connectivity index (χ2v) is 3.65. The van der Waals surface area contributed by atoms with E-state index >= 15 is 0 Å². The van der Waals surface area contributed by atoms with Crippen molar-refractivity contribution >= 4 is 5.97 Å². The van der Waals surface area contributed by atoms with E-state index in [1.165, 1.54) is 0 Å². The number of rotatable bonds is 5. The fourth-order valence-corrected chi connectivity index (χ4v) is 1.48. The first kappa shape index (κ1) is 13.3. The summed E-state index contributed by atoms with van der Waals surface area (Å²) in [6.45, 7) is 4.68. The molecule has 0 saturated carbocycles. The summed E-state index contributed by atoms with van der Waals surface area (Å²) in [6, 6.07) is 7.48. The van der Waals surface area contributed by atoms with Crippen molar-refractivity contribution in [2.75, 3.05) is 13.2 Å². The predicted molar refractivity (Wildman–Crippen MR) is 67.6 cm³/mol. The molecule has 1 aromatic rings. The van der Waals surface area contributed by atoms with Crippen molar-refractivity contribution in [2.24, 2.45) is 0 Å². The highest BCUT2D eigenvalue weighted by Gasteiger charge is 2.09. The molecule has 0 amide bonds. The third kappa shape index (κ3) is 3.93. The van der Waals surface area contributed by atoms with E-state index in [4.69, 9.17) is 11.2 Å². The van der Waals surface area contributed by atoms with Gasteiger partial charge in [-0.3, -0.25) is 5.32 Å². The lowest BCUT2D eigenvalue weighted by Gasteiger charge is -2.13. The number of nitrogens with one attached hydrogen (secondary N) is 1. The van der Waals surface area contributed by atoms with Crippen LogP contribution in [0.25, 0.3) is 0 Å². The lowest BCUT2D eigenvalue weighted by molar-refractivity contribution is 0.0526. The first-order chi connectivity index (χ1) is 8.19. The molecule has 1 unspecified atom stereocenters. The Morgan fingerprint density at radius 1 is 1.59 bits per heavy atom. The second kappa shape index (κ2) is 6.72. The van der Waals surface area contributed by atoms with Crippen molar-refractivity contribution in [3.8, 4) is 12.3 Å². The molecular formula is C14H17NO2. The van der Waals surface area contributed by atoms with Gasteiger partial charge in [0.15, 0.2) is 0 Å². The second-order valence-electron chi connectivity index (χ2n) is 3.65. The highest BCUT2D eigenvalue weighted by Crippen LogP contribution is 2.14. The Balaban J connectivity index is 2.78. The Kier molecular flexibility index (Phi) is 5.25. The molecule has 1 atom stereocenters. The number of esters is 1. The smallest absolute Gasteiger partial charge is 0.338 e. The maximum absolute atomic E-state index is 11.6. The molecule has 0 aliphatic carbocycles. The third-order valence-electron chi connectivity index (χ3n) is 2.41. The zero-order valence-corrected chi connectivity index (χ0v) is 10.2. The van der Waals surface area contributed by atoms with Gasteiger partial charge in [0.1, 0.15) is 0 Å². The minimum absolute atomic E-state index is 0.112. The van der Waals surface area contributed by atoms with Crippen LogP contribution in [0.4, 0.5) is 0 Å². The van der Waals surface area contributed by atoms with Crippen molar-refractivity contribution in [3.63, 3.8) is 0 Å². The fraction of sp³-hybridized carbons (Fsp3) is 0.357. The number of hydrogen-bond donors (Lipinski definition) is 1. The molecular weight excluding hydrogens is 214 g/mol. The fourth-order valence-electron chi connectivity index (χ4n) is 1.48. The molecule has 1 rings (SSSR count). The summed E-state index contributed by atoms with van der Waals surface area (Å²) >= 11 is 0. The zero-order valence-electron chi connectivity index (χ0n) is 10.2. The minimum Gasteiger partial charge on any atom is -0.462 e. The van der Waals surface area contributed by atoms with Crippen LogP contribution in [-0.4, -0.2) is 19.1 Å². The molecule has 3 nitrogen and oxygen atoms in total. The molecule has 17 heavy (non-hydrogen) atoms. The van der Waals surface area contributed by atoms with Gasteiger partial charge in [-0.05, 0) is 31.5 Å². The van der Waals surface area contributed by atoms with Crippen LogP contribution in [0.3, 0.4) is 0 Å². The van der Waals surface area contributed by atoms with E-state index in [0.717, 1.165) is 5.56 Å². The summed E-state index contributed by atoms with van der Waals surface area (Å²) in [4.78, 5) is 11.6. The first-order valence-corrected chi connectivity index (χ1v) is 5.63. The highest BCUT2D eigenvalue weighted by molar-refractivity contribution is 5.89. The number of benzene rings is 1. The van der Waals surface area contributed by atoms with Crippen molar-refractivity contribution in [1.82, 2.24) is 5.32 Å². The number of carbonyl (C=O) groups is 1. The average Bonchev–Trinajstić information content (AvgIpc) is 2.36. The monoisotopic (exact) mass is 231 g/mol.